The lowest BCUT2D eigenvalue weighted by molar-refractivity contribution is 0.601. The van der Waals surface area contributed by atoms with Crippen LogP contribution < -0.4 is 10.6 Å². The van der Waals surface area contributed by atoms with E-state index in [4.69, 9.17) is 5.73 Å². The maximum absolute atomic E-state index is 11.1. The molecule has 0 saturated carbocycles. The summed E-state index contributed by atoms with van der Waals surface area (Å²) in [4.78, 5) is 6.32. The normalized spacial score (nSPS) is 11.6. The standard InChI is InChI=1S/C12H21N3O2S/c1-4-11-7-10(9-13)8-12(14-11)15(2)5-6-18(3,16)17/h7-8H,4-6,9,13H2,1-3H3. The van der Waals surface area contributed by atoms with Gasteiger partial charge in [0, 0.05) is 32.1 Å². The van der Waals surface area contributed by atoms with Crippen molar-refractivity contribution in [2.45, 2.75) is 19.9 Å². The highest BCUT2D eigenvalue weighted by Crippen LogP contribution is 2.14. The van der Waals surface area contributed by atoms with Gasteiger partial charge in [-0.2, -0.15) is 0 Å². The molecule has 1 aromatic heterocycles. The fourth-order valence-corrected chi connectivity index (χ4v) is 2.15. The number of aromatic nitrogens is 1. The first-order valence-electron chi connectivity index (χ1n) is 5.94. The fourth-order valence-electron chi connectivity index (χ4n) is 1.55. The Bertz CT molecular complexity index is 478. The molecule has 0 atom stereocenters. The molecule has 0 aromatic carbocycles. The zero-order valence-electron chi connectivity index (χ0n) is 11.2. The molecule has 0 spiro atoms. The van der Waals surface area contributed by atoms with E-state index in [1.165, 1.54) is 6.26 Å². The first-order valence-corrected chi connectivity index (χ1v) is 8.00. The van der Waals surface area contributed by atoms with Crippen LogP contribution in [0.5, 0.6) is 0 Å². The summed E-state index contributed by atoms with van der Waals surface area (Å²) in [5.74, 6) is 0.901. The second-order valence-corrected chi connectivity index (χ2v) is 6.69. The van der Waals surface area contributed by atoms with Crippen molar-refractivity contribution in [1.29, 1.82) is 0 Å². The molecule has 6 heteroatoms. The summed E-state index contributed by atoms with van der Waals surface area (Å²) in [7, 11) is -1.11. The second-order valence-electron chi connectivity index (χ2n) is 4.43. The molecule has 5 nitrogen and oxygen atoms in total. The molecular weight excluding hydrogens is 250 g/mol. The molecule has 0 aliphatic rings. The summed E-state index contributed by atoms with van der Waals surface area (Å²) in [6.07, 6.45) is 2.07. The second kappa shape index (κ2) is 6.15. The highest BCUT2D eigenvalue weighted by molar-refractivity contribution is 7.90. The van der Waals surface area contributed by atoms with Gasteiger partial charge in [-0.3, -0.25) is 0 Å². The molecule has 0 saturated heterocycles. The molecule has 2 N–H and O–H groups in total. The van der Waals surface area contributed by atoms with Gasteiger partial charge in [-0.1, -0.05) is 6.92 Å². The largest absolute Gasteiger partial charge is 0.359 e. The van der Waals surface area contributed by atoms with E-state index in [-0.39, 0.29) is 5.75 Å². The smallest absolute Gasteiger partial charge is 0.149 e. The van der Waals surface area contributed by atoms with Crippen molar-refractivity contribution in [2.24, 2.45) is 5.73 Å². The van der Waals surface area contributed by atoms with E-state index in [1.807, 2.05) is 31.0 Å². The lowest BCUT2D eigenvalue weighted by Gasteiger charge is -2.19. The van der Waals surface area contributed by atoms with E-state index in [0.717, 1.165) is 23.5 Å². The molecule has 1 rings (SSSR count). The highest BCUT2D eigenvalue weighted by atomic mass is 32.2. The number of nitrogens with zero attached hydrogens (tertiary/aromatic N) is 2. The summed E-state index contributed by atoms with van der Waals surface area (Å²) >= 11 is 0. The Morgan fingerprint density at radius 3 is 2.56 bits per heavy atom. The van der Waals surface area contributed by atoms with E-state index in [1.54, 1.807) is 0 Å². The maximum Gasteiger partial charge on any atom is 0.149 e. The number of rotatable bonds is 6. The molecule has 1 heterocycles. The average molecular weight is 271 g/mol. The Labute approximate surface area is 109 Å². The minimum Gasteiger partial charge on any atom is -0.359 e. The van der Waals surface area contributed by atoms with Gasteiger partial charge in [0.25, 0.3) is 0 Å². The van der Waals surface area contributed by atoms with Crippen molar-refractivity contribution < 1.29 is 8.42 Å². The first-order chi connectivity index (χ1) is 8.35. The highest BCUT2D eigenvalue weighted by Gasteiger charge is 2.09. The van der Waals surface area contributed by atoms with E-state index in [0.29, 0.717) is 13.1 Å². The first kappa shape index (κ1) is 14.9. The molecule has 0 radical (unpaired) electrons. The quantitative estimate of drug-likeness (QED) is 0.819. The minimum absolute atomic E-state index is 0.124. The van der Waals surface area contributed by atoms with Gasteiger partial charge in [0.1, 0.15) is 15.7 Å². The van der Waals surface area contributed by atoms with Crippen molar-refractivity contribution >= 4 is 15.7 Å². The lowest BCUT2D eigenvalue weighted by Crippen LogP contribution is -2.26. The molecule has 0 unspecified atom stereocenters. The zero-order valence-corrected chi connectivity index (χ0v) is 12.0. The number of pyridine rings is 1. The Balaban J connectivity index is 2.87. The van der Waals surface area contributed by atoms with Crippen molar-refractivity contribution in [3.8, 4) is 0 Å². The SMILES string of the molecule is CCc1cc(CN)cc(N(C)CCS(C)(=O)=O)n1. The van der Waals surface area contributed by atoms with Crippen LogP contribution in [0.1, 0.15) is 18.2 Å². The van der Waals surface area contributed by atoms with Crippen LogP contribution in [0.25, 0.3) is 0 Å². The third-order valence-electron chi connectivity index (χ3n) is 2.71. The van der Waals surface area contributed by atoms with Crippen LogP contribution in [-0.2, 0) is 22.8 Å². The van der Waals surface area contributed by atoms with Crippen LogP contribution in [0.15, 0.2) is 12.1 Å². The van der Waals surface area contributed by atoms with Gasteiger partial charge in [-0.25, -0.2) is 13.4 Å². The molecule has 102 valence electrons. The van der Waals surface area contributed by atoms with Gasteiger partial charge in [0.05, 0.1) is 5.75 Å². The van der Waals surface area contributed by atoms with Gasteiger partial charge in [-0.15, -0.1) is 0 Å². The number of anilines is 1. The van der Waals surface area contributed by atoms with Crippen LogP contribution in [0.3, 0.4) is 0 Å². The molecule has 0 fully saturated rings. The van der Waals surface area contributed by atoms with Crippen LogP contribution in [0.4, 0.5) is 5.82 Å². The Morgan fingerprint density at radius 1 is 1.39 bits per heavy atom. The van der Waals surface area contributed by atoms with E-state index < -0.39 is 9.84 Å². The van der Waals surface area contributed by atoms with E-state index in [9.17, 15) is 8.42 Å². The summed E-state index contributed by atoms with van der Waals surface area (Å²) in [6.45, 7) is 2.92. The third-order valence-corrected chi connectivity index (χ3v) is 3.64. The van der Waals surface area contributed by atoms with Crippen molar-refractivity contribution in [1.82, 2.24) is 4.98 Å². The molecule has 0 aliphatic heterocycles. The van der Waals surface area contributed by atoms with Gasteiger partial charge >= 0.3 is 0 Å². The Kier molecular flexibility index (Phi) is 5.10. The van der Waals surface area contributed by atoms with Gasteiger partial charge < -0.3 is 10.6 Å². The van der Waals surface area contributed by atoms with Crippen molar-refractivity contribution in [2.75, 3.05) is 30.5 Å². The summed E-state index contributed by atoms with van der Waals surface area (Å²) in [5.41, 5.74) is 7.63. The van der Waals surface area contributed by atoms with Crippen molar-refractivity contribution in [3.05, 3.63) is 23.4 Å². The molecule has 0 aliphatic carbocycles. The Hall–Kier alpha value is -1.14. The lowest BCUT2D eigenvalue weighted by atomic mass is 10.2. The predicted octanol–water partition coefficient (Wildman–Crippen LogP) is 0.584. The summed E-state index contributed by atoms with van der Waals surface area (Å²) < 4.78 is 22.3. The number of aryl methyl sites for hydroxylation is 1. The van der Waals surface area contributed by atoms with Crippen LogP contribution in [0.2, 0.25) is 0 Å². The third kappa shape index (κ3) is 4.62. The van der Waals surface area contributed by atoms with E-state index >= 15 is 0 Å². The summed E-state index contributed by atoms with van der Waals surface area (Å²) in [5, 5.41) is 0. The number of nitrogens with two attached hydrogens (primary N) is 1. The number of sulfone groups is 1. The minimum atomic E-state index is -2.95. The maximum atomic E-state index is 11.1. The number of hydrogen-bond acceptors (Lipinski definition) is 5. The van der Waals surface area contributed by atoms with Gasteiger partial charge in [-0.05, 0) is 24.1 Å². The Morgan fingerprint density at radius 2 is 2.06 bits per heavy atom. The average Bonchev–Trinajstić information content (AvgIpc) is 2.34. The number of hydrogen-bond donors (Lipinski definition) is 1. The predicted molar refractivity (Wildman–Crippen MR) is 74.5 cm³/mol. The molecule has 1 aromatic rings. The van der Waals surface area contributed by atoms with Crippen LogP contribution >= 0.6 is 0 Å². The molecule has 0 amide bonds. The molecule has 0 bridgehead atoms. The molecular formula is C12H21N3O2S. The van der Waals surface area contributed by atoms with Crippen molar-refractivity contribution in [3.63, 3.8) is 0 Å². The fraction of sp³-hybridized carbons (Fsp3) is 0.583. The van der Waals surface area contributed by atoms with E-state index in [2.05, 4.69) is 4.98 Å². The summed E-state index contributed by atoms with van der Waals surface area (Å²) in [6, 6.07) is 3.88. The van der Waals surface area contributed by atoms with Gasteiger partial charge in [0.2, 0.25) is 0 Å². The van der Waals surface area contributed by atoms with Crippen LogP contribution in [0, 0.1) is 0 Å². The molecule has 18 heavy (non-hydrogen) atoms. The zero-order chi connectivity index (χ0) is 13.8. The monoisotopic (exact) mass is 271 g/mol. The van der Waals surface area contributed by atoms with Crippen LogP contribution in [-0.4, -0.2) is 39.0 Å². The topological polar surface area (TPSA) is 76.3 Å². The van der Waals surface area contributed by atoms with Gasteiger partial charge in [0.15, 0.2) is 0 Å².